The molecule has 0 aliphatic carbocycles. The second kappa shape index (κ2) is 9.26. The van der Waals surface area contributed by atoms with Gasteiger partial charge in [-0.1, -0.05) is 18.2 Å². The summed E-state index contributed by atoms with van der Waals surface area (Å²) in [6, 6.07) is 12.9. The first-order chi connectivity index (χ1) is 13.5. The highest BCUT2D eigenvalue weighted by Gasteiger charge is 2.16. The second-order valence-electron chi connectivity index (χ2n) is 6.83. The molecule has 1 atom stereocenters. The van der Waals surface area contributed by atoms with Crippen LogP contribution in [0.2, 0.25) is 0 Å². The minimum Gasteiger partial charge on any atom is -0.486 e. The Kier molecular flexibility index (Phi) is 6.53. The van der Waals surface area contributed by atoms with Gasteiger partial charge in [-0.25, -0.2) is 0 Å². The SMILES string of the molecule is CC(=O)CCc1ccc(OCC(=O)N[C@@H](C)c2ccc3c(c2)OCCO3)cc1. The number of rotatable bonds is 8. The predicted molar refractivity (Wildman–Crippen MR) is 105 cm³/mol. The van der Waals surface area contributed by atoms with E-state index in [-0.39, 0.29) is 24.3 Å². The number of fused-ring (bicyclic) bond motifs is 1. The van der Waals surface area contributed by atoms with E-state index >= 15 is 0 Å². The van der Waals surface area contributed by atoms with E-state index in [1.54, 1.807) is 6.92 Å². The van der Waals surface area contributed by atoms with Crippen molar-refractivity contribution in [3.05, 3.63) is 53.6 Å². The molecule has 6 nitrogen and oxygen atoms in total. The summed E-state index contributed by atoms with van der Waals surface area (Å²) < 4.78 is 16.6. The third kappa shape index (κ3) is 5.49. The van der Waals surface area contributed by atoms with E-state index in [0.29, 0.717) is 37.6 Å². The normalized spacial score (nSPS) is 13.5. The van der Waals surface area contributed by atoms with Gasteiger partial charge in [-0.05, 0) is 55.7 Å². The molecule has 1 aliphatic heterocycles. The van der Waals surface area contributed by atoms with Crippen LogP contribution in [-0.4, -0.2) is 31.5 Å². The lowest BCUT2D eigenvalue weighted by molar-refractivity contribution is -0.123. The molecule has 0 saturated heterocycles. The summed E-state index contributed by atoms with van der Waals surface area (Å²) in [5.41, 5.74) is 2.01. The van der Waals surface area contributed by atoms with Gasteiger partial charge in [-0.15, -0.1) is 0 Å². The van der Waals surface area contributed by atoms with Crippen LogP contribution in [0.15, 0.2) is 42.5 Å². The van der Waals surface area contributed by atoms with Crippen LogP contribution < -0.4 is 19.5 Å². The molecule has 28 heavy (non-hydrogen) atoms. The highest BCUT2D eigenvalue weighted by Crippen LogP contribution is 2.32. The van der Waals surface area contributed by atoms with Crippen molar-refractivity contribution in [2.75, 3.05) is 19.8 Å². The van der Waals surface area contributed by atoms with Gasteiger partial charge in [-0.2, -0.15) is 0 Å². The molecule has 1 heterocycles. The Morgan fingerprint density at radius 3 is 2.50 bits per heavy atom. The van der Waals surface area contributed by atoms with Crippen molar-refractivity contribution in [2.24, 2.45) is 0 Å². The second-order valence-corrected chi connectivity index (χ2v) is 6.83. The lowest BCUT2D eigenvalue weighted by atomic mass is 10.1. The minimum absolute atomic E-state index is 0.0678. The molecule has 0 spiro atoms. The first-order valence-corrected chi connectivity index (χ1v) is 9.41. The average molecular weight is 383 g/mol. The summed E-state index contributed by atoms with van der Waals surface area (Å²) in [4.78, 5) is 23.2. The van der Waals surface area contributed by atoms with Crippen LogP contribution in [0.3, 0.4) is 0 Å². The maximum Gasteiger partial charge on any atom is 0.258 e. The monoisotopic (exact) mass is 383 g/mol. The number of ether oxygens (including phenoxy) is 3. The van der Waals surface area contributed by atoms with E-state index in [9.17, 15) is 9.59 Å². The van der Waals surface area contributed by atoms with Crippen molar-refractivity contribution in [1.82, 2.24) is 5.32 Å². The van der Waals surface area contributed by atoms with Crippen LogP contribution in [0.1, 0.15) is 37.4 Å². The van der Waals surface area contributed by atoms with Gasteiger partial charge in [0.15, 0.2) is 18.1 Å². The molecule has 1 aliphatic rings. The zero-order valence-corrected chi connectivity index (χ0v) is 16.2. The predicted octanol–water partition coefficient (Wildman–Crippen LogP) is 3.24. The molecule has 6 heteroatoms. The largest absolute Gasteiger partial charge is 0.486 e. The summed E-state index contributed by atoms with van der Waals surface area (Å²) in [7, 11) is 0. The topological polar surface area (TPSA) is 73.9 Å². The number of benzene rings is 2. The molecule has 3 rings (SSSR count). The number of carbonyl (C=O) groups is 2. The zero-order chi connectivity index (χ0) is 19.9. The van der Waals surface area contributed by atoms with Gasteiger partial charge in [0.1, 0.15) is 24.7 Å². The first-order valence-electron chi connectivity index (χ1n) is 9.41. The number of Topliss-reactive ketones (excluding diaryl/α,β-unsaturated/α-hetero) is 1. The Morgan fingerprint density at radius 1 is 1.07 bits per heavy atom. The van der Waals surface area contributed by atoms with E-state index in [1.165, 1.54) is 0 Å². The van der Waals surface area contributed by atoms with E-state index in [2.05, 4.69) is 5.32 Å². The fraction of sp³-hybridized carbons (Fsp3) is 0.364. The van der Waals surface area contributed by atoms with E-state index in [0.717, 1.165) is 16.9 Å². The quantitative estimate of drug-likeness (QED) is 0.758. The maximum atomic E-state index is 12.2. The molecule has 2 aromatic rings. The van der Waals surface area contributed by atoms with Crippen molar-refractivity contribution < 1.29 is 23.8 Å². The molecule has 0 radical (unpaired) electrons. The first kappa shape index (κ1) is 19.7. The number of carbonyl (C=O) groups excluding carboxylic acids is 2. The zero-order valence-electron chi connectivity index (χ0n) is 16.2. The summed E-state index contributed by atoms with van der Waals surface area (Å²) in [6.07, 6.45) is 1.24. The third-order valence-electron chi connectivity index (χ3n) is 4.50. The lowest BCUT2D eigenvalue weighted by Gasteiger charge is -2.21. The lowest BCUT2D eigenvalue weighted by Crippen LogP contribution is -2.31. The van der Waals surface area contributed by atoms with Crippen LogP contribution in [0, 0.1) is 0 Å². The number of ketones is 1. The Hall–Kier alpha value is -3.02. The molecule has 0 aromatic heterocycles. The van der Waals surface area contributed by atoms with Crippen LogP contribution in [0.4, 0.5) is 0 Å². The fourth-order valence-corrected chi connectivity index (χ4v) is 2.92. The van der Waals surface area contributed by atoms with Crippen LogP contribution >= 0.6 is 0 Å². The summed E-state index contributed by atoms with van der Waals surface area (Å²) in [6.45, 7) is 4.50. The standard InChI is InChI=1S/C22H25NO5/c1-15(24)3-4-17-5-8-19(9-6-17)28-14-22(25)23-16(2)18-7-10-20-21(13-18)27-12-11-26-20/h5-10,13,16H,3-4,11-12,14H2,1-2H3,(H,23,25)/t16-/m0/s1. The van der Waals surface area contributed by atoms with Gasteiger partial charge < -0.3 is 24.3 Å². The highest BCUT2D eigenvalue weighted by molar-refractivity contribution is 5.78. The molecule has 1 N–H and O–H groups in total. The molecule has 0 unspecified atom stereocenters. The van der Waals surface area contributed by atoms with Gasteiger partial charge in [0, 0.05) is 6.42 Å². The number of hydrogen-bond donors (Lipinski definition) is 1. The highest BCUT2D eigenvalue weighted by atomic mass is 16.6. The van der Waals surface area contributed by atoms with Crippen molar-refractivity contribution in [3.63, 3.8) is 0 Å². The van der Waals surface area contributed by atoms with Crippen LogP contribution in [-0.2, 0) is 16.0 Å². The molecular weight excluding hydrogens is 358 g/mol. The number of hydrogen-bond acceptors (Lipinski definition) is 5. The van der Waals surface area contributed by atoms with Crippen LogP contribution in [0.25, 0.3) is 0 Å². The van der Waals surface area contributed by atoms with Crippen molar-refractivity contribution in [3.8, 4) is 17.2 Å². The Bertz CT molecular complexity index is 831. The third-order valence-corrected chi connectivity index (χ3v) is 4.50. The van der Waals surface area contributed by atoms with Gasteiger partial charge in [0.2, 0.25) is 0 Å². The maximum absolute atomic E-state index is 12.2. The summed E-state index contributed by atoms with van der Waals surface area (Å²) >= 11 is 0. The Balaban J connectivity index is 1.48. The fourth-order valence-electron chi connectivity index (χ4n) is 2.92. The molecular formula is C22H25NO5. The molecule has 148 valence electrons. The van der Waals surface area contributed by atoms with Crippen LogP contribution in [0.5, 0.6) is 17.2 Å². The number of aryl methyl sites for hydroxylation is 1. The smallest absolute Gasteiger partial charge is 0.258 e. The Morgan fingerprint density at radius 2 is 1.79 bits per heavy atom. The number of amides is 1. The van der Waals surface area contributed by atoms with Gasteiger partial charge >= 0.3 is 0 Å². The molecule has 1 amide bonds. The van der Waals surface area contributed by atoms with E-state index in [1.807, 2.05) is 49.4 Å². The van der Waals surface area contributed by atoms with Gasteiger partial charge in [-0.3, -0.25) is 4.79 Å². The molecule has 2 aromatic carbocycles. The number of nitrogens with one attached hydrogen (secondary N) is 1. The summed E-state index contributed by atoms with van der Waals surface area (Å²) in [5, 5.41) is 2.92. The van der Waals surface area contributed by atoms with E-state index in [4.69, 9.17) is 14.2 Å². The average Bonchev–Trinajstić information content (AvgIpc) is 2.71. The molecule has 0 fully saturated rings. The van der Waals surface area contributed by atoms with E-state index < -0.39 is 0 Å². The van der Waals surface area contributed by atoms with Crippen molar-refractivity contribution in [2.45, 2.75) is 32.7 Å². The minimum atomic E-state index is -0.206. The Labute approximate surface area is 164 Å². The van der Waals surface area contributed by atoms with Gasteiger partial charge in [0.25, 0.3) is 5.91 Å². The van der Waals surface area contributed by atoms with Gasteiger partial charge in [0.05, 0.1) is 6.04 Å². The molecule has 0 saturated carbocycles. The van der Waals surface area contributed by atoms with Crippen molar-refractivity contribution in [1.29, 1.82) is 0 Å². The summed E-state index contributed by atoms with van der Waals surface area (Å²) in [5.74, 6) is 2.01. The van der Waals surface area contributed by atoms with Crippen molar-refractivity contribution >= 4 is 11.7 Å². The molecule has 0 bridgehead atoms.